The normalized spacial score (nSPS) is 12.4. The molecule has 8 nitrogen and oxygen atoms in total. The summed E-state index contributed by atoms with van der Waals surface area (Å²) < 4.78 is 5.17. The van der Waals surface area contributed by atoms with Gasteiger partial charge in [0.1, 0.15) is 11.8 Å². The van der Waals surface area contributed by atoms with Crippen molar-refractivity contribution in [3.05, 3.63) is 65.7 Å². The van der Waals surface area contributed by atoms with Crippen LogP contribution in [-0.4, -0.2) is 42.7 Å². The molecule has 3 amide bonds. The lowest BCUT2D eigenvalue weighted by atomic mass is 10.0. The fraction of sp³-hybridized carbons (Fsp3) is 0.429. The highest BCUT2D eigenvalue weighted by molar-refractivity contribution is 6.38. The zero-order chi connectivity index (χ0) is 26.5. The van der Waals surface area contributed by atoms with E-state index in [2.05, 4.69) is 16.0 Å². The van der Waals surface area contributed by atoms with E-state index < -0.39 is 29.7 Å². The number of Topliss-reactive ketones (excluding diaryl/α,β-unsaturated/α-hetero) is 1. The molecule has 0 saturated heterocycles. The maximum Gasteiger partial charge on any atom is 0.289 e. The van der Waals surface area contributed by atoms with Crippen molar-refractivity contribution < 1.29 is 23.9 Å². The number of hydrogen-bond acceptors (Lipinski definition) is 5. The van der Waals surface area contributed by atoms with Gasteiger partial charge in [-0.15, -0.1) is 0 Å². The molecule has 0 fully saturated rings. The zero-order valence-electron chi connectivity index (χ0n) is 21.5. The largest absolute Gasteiger partial charge is 0.497 e. The number of amides is 3. The van der Waals surface area contributed by atoms with E-state index in [-0.39, 0.29) is 31.2 Å². The lowest BCUT2D eigenvalue weighted by Crippen LogP contribution is -2.54. The summed E-state index contributed by atoms with van der Waals surface area (Å²) in [6, 6.07) is 15.0. The van der Waals surface area contributed by atoms with Gasteiger partial charge in [-0.3, -0.25) is 19.2 Å². The van der Waals surface area contributed by atoms with E-state index in [0.717, 1.165) is 11.1 Å². The Morgan fingerprint density at radius 1 is 0.889 bits per heavy atom. The first-order valence-corrected chi connectivity index (χ1v) is 12.3. The molecular weight excluding hydrogens is 458 g/mol. The number of methoxy groups -OCH3 is 1. The predicted octanol–water partition coefficient (Wildman–Crippen LogP) is 2.94. The second kappa shape index (κ2) is 14.7. The van der Waals surface area contributed by atoms with Crippen molar-refractivity contribution in [2.24, 2.45) is 5.92 Å². The van der Waals surface area contributed by atoms with E-state index in [9.17, 15) is 19.2 Å². The van der Waals surface area contributed by atoms with Gasteiger partial charge in [-0.2, -0.15) is 0 Å². The Labute approximate surface area is 213 Å². The van der Waals surface area contributed by atoms with Gasteiger partial charge in [-0.25, -0.2) is 0 Å². The summed E-state index contributed by atoms with van der Waals surface area (Å²) in [6.45, 7) is 5.77. The van der Waals surface area contributed by atoms with Crippen molar-refractivity contribution in [1.82, 2.24) is 16.0 Å². The minimum absolute atomic E-state index is 0.136. The lowest BCUT2D eigenvalue weighted by molar-refractivity contribution is -0.140. The Bertz CT molecular complexity index is 1020. The lowest BCUT2D eigenvalue weighted by Gasteiger charge is -2.23. The SMILES string of the molecule is CCC(NC(=O)[C@H](CC(C)C)NC(=O)CCc1ccccc1)C(=O)C(=O)NCc1cccc(OC)c1. The second-order valence-electron chi connectivity index (χ2n) is 9.10. The van der Waals surface area contributed by atoms with Crippen molar-refractivity contribution in [2.45, 2.75) is 65.1 Å². The van der Waals surface area contributed by atoms with Crippen LogP contribution in [-0.2, 0) is 32.1 Å². The van der Waals surface area contributed by atoms with E-state index in [1.165, 1.54) is 0 Å². The topological polar surface area (TPSA) is 114 Å². The second-order valence-corrected chi connectivity index (χ2v) is 9.10. The molecule has 2 atom stereocenters. The third-order valence-electron chi connectivity index (χ3n) is 5.69. The first kappa shape index (κ1) is 28.6. The molecule has 2 aromatic rings. The van der Waals surface area contributed by atoms with Gasteiger partial charge < -0.3 is 20.7 Å². The Balaban J connectivity index is 1.94. The maximum absolute atomic E-state index is 13.0. The van der Waals surface area contributed by atoms with Crippen LogP contribution in [0.4, 0.5) is 0 Å². The van der Waals surface area contributed by atoms with E-state index in [0.29, 0.717) is 18.6 Å². The molecule has 8 heteroatoms. The quantitative estimate of drug-likeness (QED) is 0.349. The summed E-state index contributed by atoms with van der Waals surface area (Å²) in [7, 11) is 1.55. The number of carbonyl (C=O) groups excluding carboxylic acids is 4. The van der Waals surface area contributed by atoms with Crippen LogP contribution in [0.3, 0.4) is 0 Å². The molecule has 194 valence electrons. The molecule has 0 saturated carbocycles. The van der Waals surface area contributed by atoms with Crippen molar-refractivity contribution in [1.29, 1.82) is 0 Å². The molecule has 0 spiro atoms. The molecule has 0 aliphatic carbocycles. The van der Waals surface area contributed by atoms with Crippen molar-refractivity contribution in [2.75, 3.05) is 7.11 Å². The van der Waals surface area contributed by atoms with E-state index >= 15 is 0 Å². The monoisotopic (exact) mass is 495 g/mol. The third-order valence-corrected chi connectivity index (χ3v) is 5.69. The minimum Gasteiger partial charge on any atom is -0.497 e. The van der Waals surface area contributed by atoms with Crippen LogP contribution in [0.15, 0.2) is 54.6 Å². The minimum atomic E-state index is -0.987. The smallest absolute Gasteiger partial charge is 0.289 e. The number of nitrogens with one attached hydrogen (secondary N) is 3. The van der Waals surface area contributed by atoms with Crippen molar-refractivity contribution in [3.8, 4) is 5.75 Å². The van der Waals surface area contributed by atoms with E-state index in [4.69, 9.17) is 4.74 Å². The van der Waals surface area contributed by atoms with Crippen LogP contribution in [0.2, 0.25) is 0 Å². The maximum atomic E-state index is 13.0. The van der Waals surface area contributed by atoms with Gasteiger partial charge in [0.2, 0.25) is 17.6 Å². The number of benzene rings is 2. The van der Waals surface area contributed by atoms with Crippen LogP contribution < -0.4 is 20.7 Å². The molecule has 2 rings (SSSR count). The summed E-state index contributed by atoms with van der Waals surface area (Å²) in [4.78, 5) is 50.8. The first-order valence-electron chi connectivity index (χ1n) is 12.3. The van der Waals surface area contributed by atoms with E-state index in [1.54, 1.807) is 32.2 Å². The first-order chi connectivity index (χ1) is 17.2. The average Bonchev–Trinajstić information content (AvgIpc) is 2.88. The number of hydrogen-bond donors (Lipinski definition) is 3. The highest BCUT2D eigenvalue weighted by Gasteiger charge is 2.29. The van der Waals surface area contributed by atoms with Crippen LogP contribution >= 0.6 is 0 Å². The average molecular weight is 496 g/mol. The zero-order valence-corrected chi connectivity index (χ0v) is 21.5. The van der Waals surface area contributed by atoms with Gasteiger partial charge in [-0.05, 0) is 48.4 Å². The molecule has 2 aromatic carbocycles. The van der Waals surface area contributed by atoms with Gasteiger partial charge in [0.05, 0.1) is 13.2 Å². The Morgan fingerprint density at radius 3 is 2.22 bits per heavy atom. The molecule has 0 radical (unpaired) electrons. The number of carbonyl (C=O) groups is 4. The van der Waals surface area contributed by atoms with Gasteiger partial charge in [0.15, 0.2) is 0 Å². The van der Waals surface area contributed by atoms with Gasteiger partial charge in [0, 0.05) is 13.0 Å². The third kappa shape index (κ3) is 9.52. The molecule has 0 bridgehead atoms. The molecule has 0 aliphatic rings. The molecule has 36 heavy (non-hydrogen) atoms. The molecule has 3 N–H and O–H groups in total. The van der Waals surface area contributed by atoms with Gasteiger partial charge in [-0.1, -0.05) is 63.2 Å². The standard InChI is InChI=1S/C28H37N3O5/c1-5-23(26(33)28(35)29-18-21-12-9-13-22(17-21)36-4)31-27(34)24(16-19(2)3)30-25(32)15-14-20-10-7-6-8-11-20/h6-13,17,19,23-24H,5,14-16,18H2,1-4H3,(H,29,35)(H,30,32)(H,31,34)/t23?,24-/m0/s1. The van der Waals surface area contributed by atoms with Crippen LogP contribution in [0.5, 0.6) is 5.75 Å². The summed E-state index contributed by atoms with van der Waals surface area (Å²) >= 11 is 0. The molecule has 0 heterocycles. The summed E-state index contributed by atoms with van der Waals surface area (Å²) in [5.74, 6) is -1.44. The number of rotatable bonds is 14. The Morgan fingerprint density at radius 2 is 1.58 bits per heavy atom. The molecular formula is C28H37N3O5. The Kier molecular flexibility index (Phi) is 11.6. The number of aryl methyl sites for hydroxylation is 1. The fourth-order valence-corrected chi connectivity index (χ4v) is 3.71. The highest BCUT2D eigenvalue weighted by atomic mass is 16.5. The van der Waals surface area contributed by atoms with Gasteiger partial charge >= 0.3 is 0 Å². The predicted molar refractivity (Wildman–Crippen MR) is 138 cm³/mol. The number of ether oxygens (including phenoxy) is 1. The van der Waals surface area contributed by atoms with Crippen LogP contribution in [0, 0.1) is 5.92 Å². The fourth-order valence-electron chi connectivity index (χ4n) is 3.71. The van der Waals surface area contributed by atoms with Crippen LogP contribution in [0.1, 0.15) is 51.2 Å². The summed E-state index contributed by atoms with van der Waals surface area (Å²) in [5, 5.41) is 8.06. The molecule has 0 aromatic heterocycles. The summed E-state index contributed by atoms with van der Waals surface area (Å²) in [5.41, 5.74) is 1.82. The van der Waals surface area contributed by atoms with E-state index in [1.807, 2.05) is 50.2 Å². The van der Waals surface area contributed by atoms with Crippen LogP contribution in [0.25, 0.3) is 0 Å². The number of ketones is 1. The molecule has 0 aliphatic heterocycles. The molecule has 1 unspecified atom stereocenters. The van der Waals surface area contributed by atoms with Crippen molar-refractivity contribution in [3.63, 3.8) is 0 Å². The van der Waals surface area contributed by atoms with Crippen molar-refractivity contribution >= 4 is 23.5 Å². The summed E-state index contributed by atoms with van der Waals surface area (Å²) in [6.07, 6.45) is 1.46. The highest BCUT2D eigenvalue weighted by Crippen LogP contribution is 2.12. The van der Waals surface area contributed by atoms with Gasteiger partial charge in [0.25, 0.3) is 5.91 Å². The Hall–Kier alpha value is -3.68.